The van der Waals surface area contributed by atoms with Crippen molar-refractivity contribution in [1.82, 2.24) is 0 Å². The Morgan fingerprint density at radius 2 is 1.60 bits per heavy atom. The van der Waals surface area contributed by atoms with Crippen LogP contribution in [0.1, 0.15) is 28.7 Å². The predicted octanol–water partition coefficient (Wildman–Crippen LogP) is 7.28. The molecule has 3 aromatic rings. The topological polar surface area (TPSA) is 0 Å². The summed E-state index contributed by atoms with van der Waals surface area (Å²) in [6, 6.07) is 27.0. The van der Waals surface area contributed by atoms with E-state index in [2.05, 4.69) is 72.7 Å². The molecule has 0 fully saturated rings. The molecule has 2 aliphatic rings. The molecule has 0 aromatic heterocycles. The number of allylic oxidation sites excluding steroid dienone is 4. The molecule has 0 N–H and O–H groups in total. The number of aryl methyl sites for hydroxylation is 2. The summed E-state index contributed by atoms with van der Waals surface area (Å²) in [4.78, 5) is 0. The van der Waals surface area contributed by atoms with Gasteiger partial charge in [-0.1, -0.05) is 36.2 Å². The molecule has 5 rings (SSSR count). The standard InChI is InChI=1S/C15H13.C6H5.C5H5.CH2.2ClH.Zr/c1-10-3-5-14-12(7-10)9-13-8-11(2)4-6-15(13)14;1-2-4-6-5-3-1;1-2-4-5-3-1;;;;/h3-7H,9H2,1-2H3;1-5H;1-3H,4H2;1H2;2*1H;/q3*-1;;;;. The van der Waals surface area contributed by atoms with E-state index < -0.39 is 0 Å². The second kappa shape index (κ2) is 16.2. The fourth-order valence-electron chi connectivity index (χ4n) is 3.05. The molecule has 0 unspecified atom stereocenters. The van der Waals surface area contributed by atoms with Gasteiger partial charge < -0.3 is 0 Å². The van der Waals surface area contributed by atoms with Crippen LogP contribution in [0.4, 0.5) is 0 Å². The largest absolute Gasteiger partial charge is 0.184 e. The van der Waals surface area contributed by atoms with Crippen LogP contribution in [-0.4, -0.2) is 4.21 Å². The maximum absolute atomic E-state index is 3.45. The Morgan fingerprint density at radius 3 is 2.10 bits per heavy atom. The van der Waals surface area contributed by atoms with Crippen LogP contribution in [0.25, 0.3) is 11.1 Å². The average Bonchev–Trinajstić information content (AvgIpc) is 3.42. The minimum Gasteiger partial charge on any atom is -0.184 e. The molecule has 3 heteroatoms. The van der Waals surface area contributed by atoms with Gasteiger partial charge in [0.25, 0.3) is 0 Å². The normalized spacial score (nSPS) is 10.8. The third-order valence-electron chi connectivity index (χ3n) is 4.28. The Balaban J connectivity index is 0.000000470. The van der Waals surface area contributed by atoms with E-state index in [0.29, 0.717) is 0 Å². The van der Waals surface area contributed by atoms with E-state index in [9.17, 15) is 0 Å². The van der Waals surface area contributed by atoms with Crippen LogP contribution in [0.3, 0.4) is 0 Å². The van der Waals surface area contributed by atoms with Crippen molar-refractivity contribution in [2.45, 2.75) is 26.7 Å². The number of rotatable bonds is 0. The smallest absolute Gasteiger partial charge is 0.171 e. The van der Waals surface area contributed by atoms with Crippen LogP contribution in [0.2, 0.25) is 0 Å². The molecule has 0 amide bonds. The van der Waals surface area contributed by atoms with Crippen LogP contribution in [0.15, 0.2) is 78.9 Å². The van der Waals surface area contributed by atoms with Crippen molar-refractivity contribution in [3.05, 3.63) is 119 Å². The molecule has 0 saturated heterocycles. The Bertz CT molecular complexity index is 845. The molecule has 0 atom stereocenters. The van der Waals surface area contributed by atoms with Crippen molar-refractivity contribution in [2.24, 2.45) is 0 Å². The van der Waals surface area contributed by atoms with Crippen molar-refractivity contribution < 1.29 is 24.2 Å². The third kappa shape index (κ3) is 9.09. The fraction of sp³-hybridized carbons (Fsp3) is 0.148. The molecule has 3 aromatic carbocycles. The SMILES string of the molecule is Cc1[c-]c2c(cc1)-c1ccc(C)cc1C2.Cl.Cl.[C-]1=CC=CC1.[CH2]=[Zr].[c-]1ccccc1. The molecular formula is C27H27Cl2Zr-3. The molecule has 0 spiro atoms. The van der Waals surface area contributed by atoms with E-state index >= 15 is 0 Å². The van der Waals surface area contributed by atoms with E-state index in [1.54, 1.807) is 0 Å². The number of halogens is 2. The molecule has 0 aliphatic heterocycles. The van der Waals surface area contributed by atoms with E-state index in [4.69, 9.17) is 0 Å². The first-order valence-corrected chi connectivity index (χ1v) is 11.1. The van der Waals surface area contributed by atoms with Crippen LogP contribution in [0.5, 0.6) is 0 Å². The van der Waals surface area contributed by atoms with Gasteiger partial charge in [-0.25, -0.2) is 12.2 Å². The van der Waals surface area contributed by atoms with Crippen molar-refractivity contribution in [3.63, 3.8) is 0 Å². The third-order valence-corrected chi connectivity index (χ3v) is 4.28. The zero-order valence-electron chi connectivity index (χ0n) is 17.4. The minimum absolute atomic E-state index is 0. The molecule has 0 radical (unpaired) electrons. The van der Waals surface area contributed by atoms with Gasteiger partial charge in [-0.3, -0.25) is 6.08 Å². The van der Waals surface area contributed by atoms with E-state index in [1.807, 2.05) is 42.5 Å². The minimum atomic E-state index is 0. The summed E-state index contributed by atoms with van der Waals surface area (Å²) in [5, 5.41) is 0. The first-order valence-electron chi connectivity index (χ1n) is 9.34. The van der Waals surface area contributed by atoms with Gasteiger partial charge in [0.2, 0.25) is 0 Å². The van der Waals surface area contributed by atoms with Crippen molar-refractivity contribution in [2.75, 3.05) is 0 Å². The Labute approximate surface area is 209 Å². The van der Waals surface area contributed by atoms with E-state index in [1.165, 1.54) is 57.6 Å². The zero-order chi connectivity index (χ0) is 20.2. The first-order chi connectivity index (χ1) is 13.7. The molecule has 0 nitrogen and oxygen atoms in total. The van der Waals surface area contributed by atoms with Gasteiger partial charge >= 0.3 is 28.4 Å². The van der Waals surface area contributed by atoms with Crippen LogP contribution in [-0.2, 0) is 30.7 Å². The monoisotopic (exact) mass is 511 g/mol. The van der Waals surface area contributed by atoms with Crippen molar-refractivity contribution in [1.29, 1.82) is 0 Å². The van der Waals surface area contributed by atoms with Gasteiger partial charge in [-0.2, -0.15) is 66.2 Å². The summed E-state index contributed by atoms with van der Waals surface area (Å²) in [6.45, 7) is 4.26. The summed E-state index contributed by atoms with van der Waals surface area (Å²) in [6.07, 6.45) is 11.0. The molecule has 156 valence electrons. The maximum Gasteiger partial charge on any atom is -0.171 e. The molecule has 0 bridgehead atoms. The summed E-state index contributed by atoms with van der Waals surface area (Å²) < 4.78 is 3.34. The quantitative estimate of drug-likeness (QED) is 0.217. The first kappa shape index (κ1) is 28.5. The van der Waals surface area contributed by atoms with Crippen LogP contribution in [0, 0.1) is 32.1 Å². The van der Waals surface area contributed by atoms with Gasteiger partial charge in [0.05, 0.1) is 0 Å². The second-order valence-electron chi connectivity index (χ2n) is 6.45. The van der Waals surface area contributed by atoms with Crippen LogP contribution >= 0.6 is 24.8 Å². The van der Waals surface area contributed by atoms with Gasteiger partial charge in [0.1, 0.15) is 0 Å². The zero-order valence-corrected chi connectivity index (χ0v) is 21.5. The maximum atomic E-state index is 3.45. The Morgan fingerprint density at radius 1 is 0.900 bits per heavy atom. The molecule has 2 aliphatic carbocycles. The fourth-order valence-corrected chi connectivity index (χ4v) is 3.05. The molecular weight excluding hydrogens is 486 g/mol. The van der Waals surface area contributed by atoms with Gasteiger partial charge in [-0.15, -0.1) is 42.4 Å². The van der Waals surface area contributed by atoms with Crippen LogP contribution < -0.4 is 0 Å². The number of hydrogen-bond acceptors (Lipinski definition) is 0. The molecule has 30 heavy (non-hydrogen) atoms. The van der Waals surface area contributed by atoms with E-state index in [0.717, 1.165) is 12.8 Å². The van der Waals surface area contributed by atoms with Gasteiger partial charge in [-0.05, 0) is 18.9 Å². The summed E-state index contributed by atoms with van der Waals surface area (Å²) in [5.41, 5.74) is 8.15. The Kier molecular flexibility index (Phi) is 15.4. The van der Waals surface area contributed by atoms with Crippen molar-refractivity contribution in [3.8, 4) is 11.1 Å². The Hall–Kier alpha value is -1.53. The van der Waals surface area contributed by atoms with Gasteiger partial charge in [0.15, 0.2) is 0 Å². The predicted molar refractivity (Wildman–Crippen MR) is 131 cm³/mol. The van der Waals surface area contributed by atoms with E-state index in [-0.39, 0.29) is 24.8 Å². The van der Waals surface area contributed by atoms with Gasteiger partial charge in [0, 0.05) is 0 Å². The molecule has 0 heterocycles. The van der Waals surface area contributed by atoms with Crippen molar-refractivity contribution >= 4 is 29.0 Å². The number of fused-ring (bicyclic) bond motifs is 3. The summed E-state index contributed by atoms with van der Waals surface area (Å²) >= 11 is 1.30. The summed E-state index contributed by atoms with van der Waals surface area (Å²) in [7, 11) is 0. The average molecular weight is 514 g/mol. The number of benzene rings is 3. The summed E-state index contributed by atoms with van der Waals surface area (Å²) in [5.74, 6) is 0. The second-order valence-corrected chi connectivity index (χ2v) is 6.45. The number of hydrogen-bond donors (Lipinski definition) is 0. The molecule has 0 saturated carbocycles.